The van der Waals surface area contributed by atoms with Crippen molar-refractivity contribution >= 4 is 0 Å². The summed E-state index contributed by atoms with van der Waals surface area (Å²) in [4.78, 5) is 0. The fourth-order valence-corrected chi connectivity index (χ4v) is 2.17. The summed E-state index contributed by atoms with van der Waals surface area (Å²) in [5.41, 5.74) is 0. The molecule has 2 heteroatoms. The monoisotopic (exact) mass is 170 g/mol. The topological polar surface area (TPSA) is 29.5 Å². The highest BCUT2D eigenvalue weighted by Crippen LogP contribution is 2.34. The zero-order chi connectivity index (χ0) is 8.39. The molecule has 2 nitrogen and oxygen atoms in total. The number of aliphatic hydroxyl groups excluding tert-OH is 1. The highest BCUT2D eigenvalue weighted by Gasteiger charge is 2.28. The molecule has 0 radical (unpaired) electrons. The summed E-state index contributed by atoms with van der Waals surface area (Å²) < 4.78 is 5.36. The Morgan fingerprint density at radius 1 is 1.25 bits per heavy atom. The maximum absolute atomic E-state index is 9.66. The highest BCUT2D eigenvalue weighted by molar-refractivity contribution is 4.79. The summed E-state index contributed by atoms with van der Waals surface area (Å²) in [5.74, 6) is 1.33. The molecule has 0 aromatic rings. The fraction of sp³-hybridized carbons (Fsp3) is 1.00. The van der Waals surface area contributed by atoms with E-state index in [2.05, 4.69) is 0 Å². The van der Waals surface area contributed by atoms with Gasteiger partial charge in [0.1, 0.15) is 0 Å². The van der Waals surface area contributed by atoms with E-state index in [0.29, 0.717) is 5.92 Å². The van der Waals surface area contributed by atoms with Gasteiger partial charge in [-0.2, -0.15) is 0 Å². The first-order valence-electron chi connectivity index (χ1n) is 5.12. The van der Waals surface area contributed by atoms with Crippen molar-refractivity contribution in [3.8, 4) is 0 Å². The predicted octanol–water partition coefficient (Wildman–Crippen LogP) is 1.57. The van der Waals surface area contributed by atoms with E-state index in [0.717, 1.165) is 25.6 Å². The Labute approximate surface area is 73.9 Å². The normalized spacial score (nSPS) is 37.8. The minimum atomic E-state index is -0.0839. The average molecular weight is 170 g/mol. The third kappa shape index (κ3) is 1.80. The SMILES string of the molecule is OC1CCOCC1CC1CCC1. The second-order valence-electron chi connectivity index (χ2n) is 4.22. The Hall–Kier alpha value is -0.0800. The minimum Gasteiger partial charge on any atom is -0.393 e. The maximum atomic E-state index is 9.66. The van der Waals surface area contributed by atoms with Crippen molar-refractivity contribution in [1.29, 1.82) is 0 Å². The molecule has 0 amide bonds. The van der Waals surface area contributed by atoms with Crippen LogP contribution in [0.1, 0.15) is 32.1 Å². The maximum Gasteiger partial charge on any atom is 0.0612 e. The number of hydrogen-bond acceptors (Lipinski definition) is 2. The Balaban J connectivity index is 1.76. The van der Waals surface area contributed by atoms with Gasteiger partial charge in [0.25, 0.3) is 0 Å². The van der Waals surface area contributed by atoms with E-state index in [-0.39, 0.29) is 6.10 Å². The van der Waals surface area contributed by atoms with Crippen LogP contribution in [0.15, 0.2) is 0 Å². The van der Waals surface area contributed by atoms with Gasteiger partial charge in [-0.15, -0.1) is 0 Å². The van der Waals surface area contributed by atoms with E-state index in [4.69, 9.17) is 4.74 Å². The standard InChI is InChI=1S/C10H18O2/c11-10-4-5-12-7-9(10)6-8-2-1-3-8/h8-11H,1-7H2. The largest absolute Gasteiger partial charge is 0.393 e. The van der Waals surface area contributed by atoms with E-state index in [1.54, 1.807) is 0 Å². The summed E-state index contributed by atoms with van der Waals surface area (Å²) in [6.07, 6.45) is 6.11. The Morgan fingerprint density at radius 3 is 2.67 bits per heavy atom. The molecular formula is C10H18O2. The Bertz CT molecular complexity index is 143. The first-order chi connectivity index (χ1) is 5.86. The zero-order valence-electron chi connectivity index (χ0n) is 7.54. The van der Waals surface area contributed by atoms with Gasteiger partial charge in [0.2, 0.25) is 0 Å². The van der Waals surface area contributed by atoms with Crippen LogP contribution in [-0.4, -0.2) is 24.4 Å². The van der Waals surface area contributed by atoms with E-state index in [9.17, 15) is 5.11 Å². The van der Waals surface area contributed by atoms with Crippen LogP contribution in [0.2, 0.25) is 0 Å². The van der Waals surface area contributed by atoms with Gasteiger partial charge in [0.15, 0.2) is 0 Å². The van der Waals surface area contributed by atoms with Crippen molar-refractivity contribution in [1.82, 2.24) is 0 Å². The second kappa shape index (κ2) is 3.75. The molecule has 0 spiro atoms. The molecule has 1 aliphatic carbocycles. The molecule has 1 aliphatic heterocycles. The molecular weight excluding hydrogens is 152 g/mol. The summed E-state index contributed by atoms with van der Waals surface area (Å²) >= 11 is 0. The molecule has 0 aromatic carbocycles. The molecule has 2 fully saturated rings. The minimum absolute atomic E-state index is 0.0839. The highest BCUT2D eigenvalue weighted by atomic mass is 16.5. The van der Waals surface area contributed by atoms with Crippen molar-refractivity contribution < 1.29 is 9.84 Å². The molecule has 1 saturated heterocycles. The third-order valence-corrected chi connectivity index (χ3v) is 3.29. The van der Waals surface area contributed by atoms with Gasteiger partial charge in [-0.3, -0.25) is 0 Å². The van der Waals surface area contributed by atoms with Crippen molar-refractivity contribution in [3.05, 3.63) is 0 Å². The van der Waals surface area contributed by atoms with Crippen LogP contribution in [0.3, 0.4) is 0 Å². The quantitative estimate of drug-likeness (QED) is 0.681. The molecule has 1 heterocycles. The van der Waals surface area contributed by atoms with Gasteiger partial charge < -0.3 is 9.84 Å². The third-order valence-electron chi connectivity index (χ3n) is 3.29. The number of aliphatic hydroxyl groups is 1. The van der Waals surface area contributed by atoms with Crippen LogP contribution in [0, 0.1) is 11.8 Å². The van der Waals surface area contributed by atoms with Crippen LogP contribution in [0.5, 0.6) is 0 Å². The molecule has 1 saturated carbocycles. The summed E-state index contributed by atoms with van der Waals surface area (Å²) in [6.45, 7) is 1.54. The summed E-state index contributed by atoms with van der Waals surface area (Å²) in [6, 6.07) is 0. The summed E-state index contributed by atoms with van der Waals surface area (Å²) in [7, 11) is 0. The average Bonchev–Trinajstić information content (AvgIpc) is 2.00. The van der Waals surface area contributed by atoms with E-state index in [1.807, 2.05) is 0 Å². The lowest BCUT2D eigenvalue weighted by Crippen LogP contribution is -2.34. The Kier molecular flexibility index (Phi) is 2.66. The van der Waals surface area contributed by atoms with Crippen molar-refractivity contribution in [2.75, 3.05) is 13.2 Å². The Morgan fingerprint density at radius 2 is 2.08 bits per heavy atom. The smallest absolute Gasteiger partial charge is 0.0612 e. The lowest BCUT2D eigenvalue weighted by atomic mass is 9.77. The molecule has 0 aromatic heterocycles. The molecule has 2 rings (SSSR count). The molecule has 2 atom stereocenters. The van der Waals surface area contributed by atoms with E-state index < -0.39 is 0 Å². The fourth-order valence-electron chi connectivity index (χ4n) is 2.17. The number of hydrogen-bond donors (Lipinski definition) is 1. The zero-order valence-corrected chi connectivity index (χ0v) is 7.54. The van der Waals surface area contributed by atoms with Crippen LogP contribution >= 0.6 is 0 Å². The summed E-state index contributed by atoms with van der Waals surface area (Å²) in [5, 5.41) is 9.66. The van der Waals surface area contributed by atoms with Gasteiger partial charge in [0, 0.05) is 12.5 Å². The molecule has 2 aliphatic rings. The van der Waals surface area contributed by atoms with E-state index >= 15 is 0 Å². The predicted molar refractivity (Wildman–Crippen MR) is 46.9 cm³/mol. The first-order valence-corrected chi connectivity index (χ1v) is 5.12. The van der Waals surface area contributed by atoms with Crippen molar-refractivity contribution in [2.24, 2.45) is 11.8 Å². The molecule has 1 N–H and O–H groups in total. The first kappa shape index (κ1) is 8.52. The van der Waals surface area contributed by atoms with Crippen LogP contribution < -0.4 is 0 Å². The van der Waals surface area contributed by atoms with Crippen molar-refractivity contribution in [2.45, 2.75) is 38.2 Å². The molecule has 2 unspecified atom stereocenters. The van der Waals surface area contributed by atoms with Crippen LogP contribution in [0.4, 0.5) is 0 Å². The van der Waals surface area contributed by atoms with Gasteiger partial charge in [0.05, 0.1) is 12.7 Å². The van der Waals surface area contributed by atoms with Gasteiger partial charge in [-0.1, -0.05) is 19.3 Å². The van der Waals surface area contributed by atoms with Crippen LogP contribution in [-0.2, 0) is 4.74 Å². The molecule has 12 heavy (non-hydrogen) atoms. The van der Waals surface area contributed by atoms with Gasteiger partial charge >= 0.3 is 0 Å². The van der Waals surface area contributed by atoms with Crippen LogP contribution in [0.25, 0.3) is 0 Å². The van der Waals surface area contributed by atoms with E-state index in [1.165, 1.54) is 25.7 Å². The second-order valence-corrected chi connectivity index (χ2v) is 4.22. The molecule has 0 bridgehead atoms. The van der Waals surface area contributed by atoms with Gasteiger partial charge in [-0.25, -0.2) is 0 Å². The van der Waals surface area contributed by atoms with Gasteiger partial charge in [-0.05, 0) is 18.8 Å². The molecule has 70 valence electrons. The number of rotatable bonds is 2. The lowest BCUT2D eigenvalue weighted by Gasteiger charge is -2.34. The lowest BCUT2D eigenvalue weighted by molar-refractivity contribution is -0.0474. The number of ether oxygens (including phenoxy) is 1. The van der Waals surface area contributed by atoms with Crippen molar-refractivity contribution in [3.63, 3.8) is 0 Å².